The molecular weight excluding hydrogens is 290 g/mol. The Kier molecular flexibility index (Phi) is 4.76. The fourth-order valence-electron chi connectivity index (χ4n) is 2.66. The summed E-state index contributed by atoms with van der Waals surface area (Å²) in [5, 5.41) is 19.0. The van der Waals surface area contributed by atoms with Crippen LogP contribution in [0.2, 0.25) is 0 Å². The number of hydrogen-bond acceptors (Lipinski definition) is 3. The van der Waals surface area contributed by atoms with Gasteiger partial charge in [-0.1, -0.05) is 57.2 Å². The summed E-state index contributed by atoms with van der Waals surface area (Å²) in [4.78, 5) is 11.4. The van der Waals surface area contributed by atoms with Gasteiger partial charge in [-0.15, -0.1) is 0 Å². The number of phenolic OH excluding ortho intramolecular Hbond substituents is 1. The Labute approximate surface area is 136 Å². The second-order valence-corrected chi connectivity index (χ2v) is 6.81. The zero-order valence-electron chi connectivity index (χ0n) is 13.7. The minimum atomic E-state index is -1.09. The first-order chi connectivity index (χ1) is 10.7. The third-order valence-electron chi connectivity index (χ3n) is 4.01. The first kappa shape index (κ1) is 17.0. The fraction of sp³-hybridized carbons (Fsp3) is 0.316. The lowest BCUT2D eigenvalue weighted by molar-refractivity contribution is -0.138. The van der Waals surface area contributed by atoms with Gasteiger partial charge in [0, 0.05) is 5.92 Å². The van der Waals surface area contributed by atoms with Crippen LogP contribution in [0.15, 0.2) is 48.5 Å². The predicted octanol–water partition coefficient (Wildman–Crippen LogP) is 3.23. The van der Waals surface area contributed by atoms with Crippen molar-refractivity contribution in [1.29, 1.82) is 0 Å². The molecule has 0 fully saturated rings. The third-order valence-corrected chi connectivity index (χ3v) is 4.01. The number of rotatable bonds is 4. The normalized spacial score (nSPS) is 14.3. The SMILES string of the molecule is CC(C)(C)c1ccc([C@H](c2cccc(O)c2)[C@H](N)C(=O)O)cc1. The molecule has 0 amide bonds. The van der Waals surface area contributed by atoms with Gasteiger partial charge in [0.1, 0.15) is 11.8 Å². The molecule has 4 nitrogen and oxygen atoms in total. The van der Waals surface area contributed by atoms with Crippen LogP contribution in [0, 0.1) is 0 Å². The summed E-state index contributed by atoms with van der Waals surface area (Å²) in [6, 6.07) is 13.3. The number of carboxylic acids is 1. The molecule has 0 aliphatic carbocycles. The molecule has 2 aromatic carbocycles. The summed E-state index contributed by atoms with van der Waals surface area (Å²) in [6.07, 6.45) is 0. The number of benzene rings is 2. The van der Waals surface area contributed by atoms with Crippen LogP contribution in [0.25, 0.3) is 0 Å². The summed E-state index contributed by atoms with van der Waals surface area (Å²) in [5.74, 6) is -1.50. The van der Waals surface area contributed by atoms with Crippen LogP contribution in [0.5, 0.6) is 5.75 Å². The lowest BCUT2D eigenvalue weighted by Gasteiger charge is -2.24. The number of carboxylic acid groups (broad SMARTS) is 1. The molecule has 0 saturated heterocycles. The van der Waals surface area contributed by atoms with E-state index >= 15 is 0 Å². The number of hydrogen-bond donors (Lipinski definition) is 3. The standard InChI is InChI=1S/C19H23NO3/c1-19(2,3)14-9-7-12(8-10-14)16(17(20)18(22)23)13-5-4-6-15(21)11-13/h4-11,16-17,21H,20H2,1-3H3,(H,22,23)/t16-,17+/m1/s1. The molecule has 122 valence electrons. The van der Waals surface area contributed by atoms with E-state index in [0.717, 1.165) is 5.56 Å². The molecule has 0 heterocycles. The van der Waals surface area contributed by atoms with Crippen LogP contribution in [0.1, 0.15) is 43.4 Å². The highest BCUT2D eigenvalue weighted by atomic mass is 16.4. The summed E-state index contributed by atoms with van der Waals surface area (Å²) in [6.45, 7) is 6.37. The van der Waals surface area contributed by atoms with Crippen LogP contribution in [0.4, 0.5) is 0 Å². The summed E-state index contributed by atoms with van der Waals surface area (Å²) >= 11 is 0. The van der Waals surface area contributed by atoms with Crippen LogP contribution in [0.3, 0.4) is 0 Å². The maximum absolute atomic E-state index is 11.4. The van der Waals surface area contributed by atoms with E-state index in [-0.39, 0.29) is 11.2 Å². The Morgan fingerprint density at radius 2 is 1.65 bits per heavy atom. The Bertz CT molecular complexity index is 687. The van der Waals surface area contributed by atoms with Crippen molar-refractivity contribution in [3.05, 3.63) is 65.2 Å². The Balaban J connectivity index is 2.48. The van der Waals surface area contributed by atoms with Crippen LogP contribution >= 0.6 is 0 Å². The van der Waals surface area contributed by atoms with Gasteiger partial charge in [0.2, 0.25) is 0 Å². The molecule has 0 aromatic heterocycles. The molecule has 0 unspecified atom stereocenters. The van der Waals surface area contributed by atoms with Gasteiger partial charge in [-0.3, -0.25) is 4.79 Å². The Hall–Kier alpha value is -2.33. The average Bonchev–Trinajstić information content (AvgIpc) is 2.47. The average molecular weight is 313 g/mol. The van der Waals surface area contributed by atoms with Crippen molar-refractivity contribution >= 4 is 5.97 Å². The molecule has 2 atom stereocenters. The molecule has 2 rings (SSSR count). The number of aromatic hydroxyl groups is 1. The largest absolute Gasteiger partial charge is 0.508 e. The van der Waals surface area contributed by atoms with E-state index in [9.17, 15) is 15.0 Å². The summed E-state index contributed by atoms with van der Waals surface area (Å²) < 4.78 is 0. The van der Waals surface area contributed by atoms with E-state index in [4.69, 9.17) is 5.73 Å². The molecule has 0 aliphatic heterocycles. The zero-order chi connectivity index (χ0) is 17.2. The van der Waals surface area contributed by atoms with Crippen LogP contribution in [-0.2, 0) is 10.2 Å². The van der Waals surface area contributed by atoms with Gasteiger partial charge in [0.05, 0.1) is 0 Å². The van der Waals surface area contributed by atoms with Crippen molar-refractivity contribution in [2.45, 2.75) is 38.1 Å². The topological polar surface area (TPSA) is 83.5 Å². The highest BCUT2D eigenvalue weighted by Crippen LogP contribution is 2.31. The second-order valence-electron chi connectivity index (χ2n) is 6.81. The van der Waals surface area contributed by atoms with Crippen molar-refractivity contribution in [3.63, 3.8) is 0 Å². The van der Waals surface area contributed by atoms with E-state index in [1.54, 1.807) is 24.3 Å². The van der Waals surface area contributed by atoms with Gasteiger partial charge < -0.3 is 15.9 Å². The Morgan fingerprint density at radius 3 is 2.13 bits per heavy atom. The molecule has 0 spiro atoms. The predicted molar refractivity (Wildman–Crippen MR) is 90.7 cm³/mol. The van der Waals surface area contributed by atoms with Crippen molar-refractivity contribution in [1.82, 2.24) is 0 Å². The van der Waals surface area contributed by atoms with Crippen molar-refractivity contribution in [3.8, 4) is 5.75 Å². The zero-order valence-corrected chi connectivity index (χ0v) is 13.7. The fourth-order valence-corrected chi connectivity index (χ4v) is 2.66. The maximum atomic E-state index is 11.4. The second kappa shape index (κ2) is 6.42. The molecule has 23 heavy (non-hydrogen) atoms. The monoisotopic (exact) mass is 313 g/mol. The minimum absolute atomic E-state index is 0.0218. The molecule has 4 N–H and O–H groups in total. The highest BCUT2D eigenvalue weighted by molar-refractivity contribution is 5.75. The Morgan fingerprint density at radius 1 is 1.04 bits per heavy atom. The summed E-state index contributed by atoms with van der Waals surface area (Å²) in [5.41, 5.74) is 8.61. The molecule has 0 bridgehead atoms. The van der Waals surface area contributed by atoms with Crippen LogP contribution < -0.4 is 5.73 Å². The molecule has 2 aromatic rings. The van der Waals surface area contributed by atoms with Crippen molar-refractivity contribution < 1.29 is 15.0 Å². The van der Waals surface area contributed by atoms with E-state index in [1.165, 1.54) is 5.56 Å². The molecule has 0 saturated carbocycles. The highest BCUT2D eigenvalue weighted by Gasteiger charge is 2.28. The van der Waals surface area contributed by atoms with E-state index in [2.05, 4.69) is 20.8 Å². The van der Waals surface area contributed by atoms with Crippen molar-refractivity contribution in [2.24, 2.45) is 5.73 Å². The van der Waals surface area contributed by atoms with Gasteiger partial charge in [0.25, 0.3) is 0 Å². The lowest BCUT2D eigenvalue weighted by atomic mass is 9.82. The van der Waals surface area contributed by atoms with E-state index in [0.29, 0.717) is 5.56 Å². The van der Waals surface area contributed by atoms with Gasteiger partial charge in [-0.25, -0.2) is 0 Å². The van der Waals surface area contributed by atoms with Crippen molar-refractivity contribution in [2.75, 3.05) is 0 Å². The lowest BCUT2D eigenvalue weighted by Crippen LogP contribution is -2.37. The molecule has 0 aliphatic rings. The maximum Gasteiger partial charge on any atom is 0.321 e. The molecule has 4 heteroatoms. The van der Waals surface area contributed by atoms with Gasteiger partial charge in [-0.05, 0) is 34.2 Å². The third kappa shape index (κ3) is 3.90. The molecular formula is C19H23NO3. The first-order valence-corrected chi connectivity index (χ1v) is 7.58. The number of carbonyl (C=O) groups is 1. The van der Waals surface area contributed by atoms with Crippen LogP contribution in [-0.4, -0.2) is 22.2 Å². The van der Waals surface area contributed by atoms with E-state index < -0.39 is 17.9 Å². The quantitative estimate of drug-likeness (QED) is 0.809. The number of nitrogens with two attached hydrogens (primary N) is 1. The number of phenols is 1. The van der Waals surface area contributed by atoms with E-state index in [1.807, 2.05) is 24.3 Å². The number of aliphatic carboxylic acids is 1. The smallest absolute Gasteiger partial charge is 0.321 e. The van der Waals surface area contributed by atoms with Gasteiger partial charge in [-0.2, -0.15) is 0 Å². The van der Waals surface area contributed by atoms with Gasteiger partial charge >= 0.3 is 5.97 Å². The molecule has 0 radical (unpaired) electrons. The minimum Gasteiger partial charge on any atom is -0.508 e. The first-order valence-electron chi connectivity index (χ1n) is 7.58. The van der Waals surface area contributed by atoms with Gasteiger partial charge in [0.15, 0.2) is 0 Å². The summed E-state index contributed by atoms with van der Waals surface area (Å²) in [7, 11) is 0.